The Bertz CT molecular complexity index is 3250. The van der Waals surface area contributed by atoms with Crippen molar-refractivity contribution in [3.05, 3.63) is 223 Å². The molecular formula is C58H58Cl2FN7O2. The fraction of sp³-hybridized carbons (Fsp3) is 0.190. The van der Waals surface area contributed by atoms with Gasteiger partial charge >= 0.3 is 0 Å². The maximum absolute atomic E-state index is 13.0. The predicted molar refractivity (Wildman–Crippen MR) is 290 cm³/mol. The van der Waals surface area contributed by atoms with Crippen molar-refractivity contribution in [2.45, 2.75) is 67.6 Å². The van der Waals surface area contributed by atoms with E-state index in [0.717, 1.165) is 66.6 Å². The molecule has 9 aromatic rings. The van der Waals surface area contributed by atoms with Crippen LogP contribution in [0.3, 0.4) is 0 Å². The van der Waals surface area contributed by atoms with Crippen LogP contribution in [0.5, 0.6) is 0 Å². The van der Waals surface area contributed by atoms with Crippen LogP contribution in [0.4, 0.5) is 10.2 Å². The zero-order valence-corrected chi connectivity index (χ0v) is 41.9. The van der Waals surface area contributed by atoms with Crippen molar-refractivity contribution in [2.24, 2.45) is 21.8 Å². The second kappa shape index (κ2) is 23.7. The third-order valence-corrected chi connectivity index (χ3v) is 12.0. The Hall–Kier alpha value is -7.40. The molecule has 0 aliphatic carbocycles. The second-order valence-electron chi connectivity index (χ2n) is 17.4. The summed E-state index contributed by atoms with van der Waals surface area (Å²) in [5.41, 5.74) is 24.6. The molecule has 358 valence electrons. The highest BCUT2D eigenvalue weighted by Gasteiger charge is 2.13. The Labute approximate surface area is 419 Å². The van der Waals surface area contributed by atoms with E-state index in [0.29, 0.717) is 30.4 Å². The molecule has 0 saturated heterocycles. The number of aryl methyl sites for hydroxylation is 7. The number of aromatic nitrogens is 2. The molecule has 0 saturated carbocycles. The number of hydrogen-bond donors (Lipinski definition) is 4. The van der Waals surface area contributed by atoms with E-state index in [1.54, 1.807) is 13.0 Å². The van der Waals surface area contributed by atoms with E-state index in [1.807, 2.05) is 125 Å². The van der Waals surface area contributed by atoms with Gasteiger partial charge in [0.05, 0.1) is 0 Å². The molecule has 12 heteroatoms. The Kier molecular flexibility index (Phi) is 17.1. The Morgan fingerprint density at radius 1 is 0.543 bits per heavy atom. The van der Waals surface area contributed by atoms with Crippen molar-refractivity contribution in [1.29, 1.82) is 0 Å². The van der Waals surface area contributed by atoms with Gasteiger partial charge in [0.2, 0.25) is 0 Å². The number of halogens is 3. The summed E-state index contributed by atoms with van der Waals surface area (Å²) in [6.45, 7) is 14.1. The summed E-state index contributed by atoms with van der Waals surface area (Å²) in [4.78, 5) is 17.5. The van der Waals surface area contributed by atoms with Gasteiger partial charge in [0.1, 0.15) is 24.8 Å². The molecule has 3 aliphatic rings. The van der Waals surface area contributed by atoms with Crippen LogP contribution in [-0.4, -0.2) is 28.2 Å². The Morgan fingerprint density at radius 3 is 1.90 bits per heavy atom. The van der Waals surface area contributed by atoms with E-state index >= 15 is 0 Å². The number of hydrogen-bond acceptors (Lipinski definition) is 8. The maximum atomic E-state index is 13.0. The molecule has 0 atom stereocenters. The highest BCUT2D eigenvalue weighted by atomic mass is 35.5. The monoisotopic (exact) mass is 973 g/mol. The molecule has 5 heterocycles. The van der Waals surface area contributed by atoms with Crippen molar-refractivity contribution in [3.63, 3.8) is 0 Å². The van der Waals surface area contributed by atoms with Crippen LogP contribution in [-0.2, 0) is 29.3 Å². The largest absolute Gasteiger partial charge is 0.389 e. The lowest BCUT2D eigenvalue weighted by molar-refractivity contribution is 0.125. The molecule has 0 fully saturated rings. The first-order valence-corrected chi connectivity index (χ1v) is 23.8. The fourth-order valence-corrected chi connectivity index (χ4v) is 8.29. The summed E-state index contributed by atoms with van der Waals surface area (Å²) < 4.78 is 13.0. The minimum absolute atomic E-state index is 0.131. The van der Waals surface area contributed by atoms with Crippen LogP contribution in [0.2, 0.25) is 10.0 Å². The lowest BCUT2D eigenvalue weighted by Crippen LogP contribution is -2.20. The molecule has 12 rings (SSSR count). The molecule has 9 nitrogen and oxygen atoms in total. The van der Waals surface area contributed by atoms with Gasteiger partial charge in [-0.1, -0.05) is 135 Å². The number of H-pyrrole nitrogens is 1. The second-order valence-corrected chi connectivity index (χ2v) is 18.3. The smallest absolute Gasteiger partial charge is 0.170 e. The quantitative estimate of drug-likeness (QED) is 0.119. The number of nitrogens with one attached hydrogen (secondary N) is 2. The summed E-state index contributed by atoms with van der Waals surface area (Å²) in [5, 5.41) is 18.0. The summed E-state index contributed by atoms with van der Waals surface area (Å²) >= 11 is 11.7. The number of oxime groups is 2. The highest BCUT2D eigenvalue weighted by Crippen LogP contribution is 2.23. The molecule has 70 heavy (non-hydrogen) atoms. The van der Waals surface area contributed by atoms with Gasteiger partial charge in [-0.25, -0.2) is 9.37 Å². The summed E-state index contributed by atoms with van der Waals surface area (Å²) in [6, 6.07) is 47.8. The molecular weight excluding hydrogens is 917 g/mol. The van der Waals surface area contributed by atoms with Crippen LogP contribution in [0, 0.1) is 47.4 Å². The molecule has 2 aromatic heterocycles. The number of aromatic amines is 1. The normalized spacial score (nSPS) is 12.7. The lowest BCUT2D eigenvalue weighted by Gasteiger charge is -2.16. The average Bonchev–Trinajstić information content (AvgIpc) is 3.72. The maximum Gasteiger partial charge on any atom is 0.170 e. The summed E-state index contributed by atoms with van der Waals surface area (Å²) in [6.07, 6.45) is 2.41. The van der Waals surface area contributed by atoms with Crippen LogP contribution >= 0.6 is 23.2 Å². The Balaban J connectivity index is 0.000000124. The van der Waals surface area contributed by atoms with Crippen LogP contribution in [0.1, 0.15) is 67.9 Å². The number of benzene rings is 7. The van der Waals surface area contributed by atoms with Crippen molar-refractivity contribution < 1.29 is 14.1 Å². The van der Waals surface area contributed by atoms with E-state index < -0.39 is 0 Å². The molecule has 3 aliphatic heterocycles. The molecule has 0 amide bonds. The summed E-state index contributed by atoms with van der Waals surface area (Å²) in [5.74, 6) is 1.90. The minimum atomic E-state index is -0.131. The highest BCUT2D eigenvalue weighted by molar-refractivity contribution is 6.31. The number of nitrogens with two attached hydrogens (primary N) is 2. The first-order chi connectivity index (χ1) is 33.7. The van der Waals surface area contributed by atoms with Crippen LogP contribution in [0.25, 0.3) is 32.4 Å². The van der Waals surface area contributed by atoms with Crippen LogP contribution in [0.15, 0.2) is 156 Å². The number of nitrogens with zero attached hydrogens (tertiary/aromatic N) is 3. The van der Waals surface area contributed by atoms with Gasteiger partial charge in [0.25, 0.3) is 0 Å². The van der Waals surface area contributed by atoms with Crippen molar-refractivity contribution in [1.82, 2.24) is 9.97 Å². The van der Waals surface area contributed by atoms with Gasteiger partial charge in [0.15, 0.2) is 11.7 Å². The number of anilines is 1. The molecule has 0 unspecified atom stereocenters. The molecule has 0 radical (unpaired) electrons. The van der Waals surface area contributed by atoms with Gasteiger partial charge in [0, 0.05) is 61.1 Å². The number of pyridine rings is 1. The fourth-order valence-electron chi connectivity index (χ4n) is 7.92. The van der Waals surface area contributed by atoms with E-state index in [-0.39, 0.29) is 5.82 Å². The zero-order chi connectivity index (χ0) is 49.7. The predicted octanol–water partition coefficient (Wildman–Crippen LogP) is 14.3. The molecule has 6 N–H and O–H groups in total. The molecule has 0 spiro atoms. The van der Waals surface area contributed by atoms with E-state index in [1.165, 1.54) is 56.9 Å². The first-order valence-electron chi connectivity index (χ1n) is 23.1. The first kappa shape index (κ1) is 50.5. The van der Waals surface area contributed by atoms with Crippen molar-refractivity contribution >= 4 is 73.1 Å². The molecule has 0 bridgehead atoms. The zero-order valence-electron chi connectivity index (χ0n) is 40.3. The van der Waals surface area contributed by atoms with Crippen molar-refractivity contribution in [2.75, 3.05) is 11.9 Å². The average molecular weight is 975 g/mol. The standard InChI is InChI=1S/C11H9Cl.C11H9F.C9H8ClN.2C9H10N2O.C9H12N2/c1-8-2-3-10-7-11(12)5-4-9(10)6-8;1-8-6-9-4-2-3-5-10(9)7-11(8)12;1-6-4-7-5-8(10)2-3-9(7)11-6;1-6-2-3-8-7(4-6)5-12-11-9(8)10;1-6-2-3-7-5-12-11-9(10)8(7)4-6;1-7-4-5-8-3-2-6-10-9(8)11-7/h2*2-7H,1H3;2-5,11H,1H3;2*2-4H,5H2,1H3,(H2,10,11);4-5H,2-3,6H2,1H3,(H,10,11). The van der Waals surface area contributed by atoms with Crippen LogP contribution < -0.4 is 16.8 Å². The van der Waals surface area contributed by atoms with Gasteiger partial charge in [-0.3, -0.25) is 0 Å². The van der Waals surface area contributed by atoms with E-state index in [4.69, 9.17) is 44.3 Å². The van der Waals surface area contributed by atoms with E-state index in [2.05, 4.69) is 75.0 Å². The number of fused-ring (bicyclic) bond motifs is 6. The van der Waals surface area contributed by atoms with Crippen molar-refractivity contribution in [3.8, 4) is 0 Å². The van der Waals surface area contributed by atoms with Gasteiger partial charge < -0.3 is 31.4 Å². The molecule has 7 aromatic carbocycles. The minimum Gasteiger partial charge on any atom is -0.389 e. The SMILES string of the molecule is Cc1cc2cc(Cl)ccc2[nH]1.Cc1cc2ccccc2cc1F.Cc1ccc2c(c1)C(N)=NOC2.Cc1ccc2c(c1)CON=C2N.Cc1ccc2c(n1)NCCC2.Cc1ccc2cc(Cl)ccc2c1. The number of rotatable bonds is 0. The van der Waals surface area contributed by atoms with E-state index in [9.17, 15) is 4.39 Å². The van der Waals surface area contributed by atoms with Gasteiger partial charge in [-0.15, -0.1) is 0 Å². The topological polar surface area (TPSA) is 136 Å². The Morgan fingerprint density at radius 2 is 1.13 bits per heavy atom. The third-order valence-electron chi connectivity index (χ3n) is 11.6. The van der Waals surface area contributed by atoms with Gasteiger partial charge in [-0.2, -0.15) is 0 Å². The lowest BCUT2D eigenvalue weighted by atomic mass is 10.0. The van der Waals surface area contributed by atoms with Gasteiger partial charge in [-0.05, 0) is 148 Å². The summed E-state index contributed by atoms with van der Waals surface area (Å²) in [7, 11) is 0. The third kappa shape index (κ3) is 13.9. The number of amidine groups is 2.